The maximum atomic E-state index is 11.8. The van der Waals surface area contributed by atoms with Crippen molar-refractivity contribution in [1.29, 1.82) is 0 Å². The molecule has 1 aliphatic carbocycles. The quantitative estimate of drug-likeness (QED) is 0.171. The minimum atomic E-state index is -0.502. The van der Waals surface area contributed by atoms with Gasteiger partial charge in [0.1, 0.15) is 0 Å². The predicted molar refractivity (Wildman–Crippen MR) is 119 cm³/mol. The van der Waals surface area contributed by atoms with Crippen LogP contribution in [0.5, 0.6) is 0 Å². The van der Waals surface area contributed by atoms with Gasteiger partial charge in [-0.05, 0) is 54.3 Å². The molecule has 0 bridgehead atoms. The summed E-state index contributed by atoms with van der Waals surface area (Å²) in [7, 11) is 7.17. The summed E-state index contributed by atoms with van der Waals surface area (Å²) in [5.41, 5.74) is 6.99. The van der Waals surface area contributed by atoms with Crippen molar-refractivity contribution in [3.05, 3.63) is 116 Å². The normalized spacial score (nSPS) is 11.5. The van der Waals surface area contributed by atoms with E-state index in [1.54, 1.807) is 10.6 Å². The molecule has 2 heterocycles. The van der Waals surface area contributed by atoms with Gasteiger partial charge in [0.15, 0.2) is 5.69 Å². The molecule has 0 saturated heterocycles. The molecule has 5 rings (SSSR count). The standard InChI is InChI=1S/C27H21N2O2.Ir/c1-29-22(13-7-15-24(29)27(30)31-2)12-6-11-21-17-20-10-5-9-19-16-18-8-3-4-14-23(18)26(28-21)25(19)20;/h3-10,13,15,17H,1-2,11-12,16H2;/q-2;+3. The zero-order valence-electron chi connectivity index (χ0n) is 17.4. The second kappa shape index (κ2) is 9.23. The number of benzene rings is 2. The molecule has 159 valence electrons. The fourth-order valence-corrected chi connectivity index (χ4v) is 4.30. The third-order valence-corrected chi connectivity index (χ3v) is 5.78. The molecule has 0 aliphatic heterocycles. The number of nitrogens with zero attached hydrogens (tertiary/aromatic N) is 2. The topological polar surface area (TPSA) is 43.1 Å². The van der Waals surface area contributed by atoms with Crippen molar-refractivity contribution in [1.82, 2.24) is 4.98 Å². The van der Waals surface area contributed by atoms with E-state index < -0.39 is 5.97 Å². The molecule has 0 unspecified atom stereocenters. The van der Waals surface area contributed by atoms with Crippen molar-refractivity contribution < 1.29 is 34.2 Å². The summed E-state index contributed by atoms with van der Waals surface area (Å²) in [6.07, 6.45) is 4.43. The van der Waals surface area contributed by atoms with Gasteiger partial charge >= 0.3 is 26.1 Å². The number of aromatic nitrogens is 2. The van der Waals surface area contributed by atoms with Gasteiger partial charge in [0.05, 0.1) is 5.69 Å². The number of esters is 1. The SMILES string of the molecule is [CH2-]OC(=O)c1cccc(C[CH]Cc2cc3cccc4c3c(n2)-c2[c-]cccc2C4)[n+]1[CH2-].[Ir+3]. The van der Waals surface area contributed by atoms with E-state index in [1.807, 2.05) is 24.3 Å². The second-order valence-corrected chi connectivity index (χ2v) is 7.68. The van der Waals surface area contributed by atoms with Crippen LogP contribution < -0.4 is 4.57 Å². The number of rotatable bonds is 5. The number of hydrogen-bond acceptors (Lipinski definition) is 3. The maximum absolute atomic E-state index is 11.8. The van der Waals surface area contributed by atoms with Crippen LogP contribution in [-0.4, -0.2) is 11.0 Å². The number of pyridine rings is 2. The van der Waals surface area contributed by atoms with Gasteiger partial charge in [0.25, 0.3) is 0 Å². The van der Waals surface area contributed by atoms with Crippen LogP contribution in [0.3, 0.4) is 0 Å². The van der Waals surface area contributed by atoms with E-state index in [4.69, 9.17) is 4.98 Å². The first-order valence-electron chi connectivity index (χ1n) is 10.2. The molecular formula is C27H21IrN2O2+. The average Bonchev–Trinajstić information content (AvgIpc) is 2.80. The minimum absolute atomic E-state index is 0. The van der Waals surface area contributed by atoms with E-state index in [1.165, 1.54) is 21.9 Å². The third-order valence-electron chi connectivity index (χ3n) is 5.78. The Labute approximate surface area is 201 Å². The molecule has 2 aromatic heterocycles. The summed E-state index contributed by atoms with van der Waals surface area (Å²) >= 11 is 0. The Bertz CT molecular complexity index is 1320. The maximum Gasteiger partial charge on any atom is 3.00 e. The molecule has 1 radical (unpaired) electrons. The van der Waals surface area contributed by atoms with E-state index in [9.17, 15) is 4.79 Å². The first kappa shape index (κ1) is 22.2. The Hall–Kier alpha value is -3.01. The predicted octanol–water partition coefficient (Wildman–Crippen LogP) is 4.47. The van der Waals surface area contributed by atoms with E-state index in [0.29, 0.717) is 18.5 Å². The monoisotopic (exact) mass is 598 g/mol. The van der Waals surface area contributed by atoms with Gasteiger partial charge in [-0.15, -0.1) is 35.4 Å². The van der Waals surface area contributed by atoms with Crippen LogP contribution in [0.15, 0.2) is 60.7 Å². The molecule has 0 atom stereocenters. The molecule has 2 aromatic carbocycles. The van der Waals surface area contributed by atoms with Crippen molar-refractivity contribution in [2.75, 3.05) is 0 Å². The largest absolute Gasteiger partial charge is 3.00 e. The molecule has 0 amide bonds. The Kier molecular flexibility index (Phi) is 6.40. The van der Waals surface area contributed by atoms with E-state index >= 15 is 0 Å². The van der Waals surface area contributed by atoms with E-state index in [0.717, 1.165) is 29.1 Å². The van der Waals surface area contributed by atoms with Crippen LogP contribution in [0.2, 0.25) is 0 Å². The Morgan fingerprint density at radius 3 is 2.78 bits per heavy atom. The van der Waals surface area contributed by atoms with Crippen LogP contribution >= 0.6 is 0 Å². The number of carbonyl (C=O) groups excluding carboxylic acids is 1. The van der Waals surface area contributed by atoms with Gasteiger partial charge in [-0.1, -0.05) is 35.9 Å². The van der Waals surface area contributed by atoms with E-state index in [2.05, 4.69) is 61.7 Å². The van der Waals surface area contributed by atoms with Crippen LogP contribution in [0.25, 0.3) is 22.0 Å². The van der Waals surface area contributed by atoms with Gasteiger partial charge in [-0.25, -0.2) is 0 Å². The average molecular weight is 598 g/mol. The summed E-state index contributed by atoms with van der Waals surface area (Å²) in [5.74, 6) is -0.502. The van der Waals surface area contributed by atoms with Crippen molar-refractivity contribution in [3.8, 4) is 11.3 Å². The molecule has 0 fully saturated rings. The summed E-state index contributed by atoms with van der Waals surface area (Å²) in [6, 6.07) is 23.6. The molecule has 0 spiro atoms. The van der Waals surface area contributed by atoms with Gasteiger partial charge in [-0.3, -0.25) is 4.79 Å². The number of carbonyl (C=O) groups is 1. The second-order valence-electron chi connectivity index (χ2n) is 7.68. The molecule has 4 nitrogen and oxygen atoms in total. The molecule has 5 heteroatoms. The van der Waals surface area contributed by atoms with Crippen molar-refractivity contribution in [3.63, 3.8) is 0 Å². The Balaban J connectivity index is 0.00000245. The summed E-state index contributed by atoms with van der Waals surface area (Å²) in [5, 5.41) is 2.44. The molecule has 0 N–H and O–H groups in total. The number of ether oxygens (including phenoxy) is 1. The fourth-order valence-electron chi connectivity index (χ4n) is 4.30. The summed E-state index contributed by atoms with van der Waals surface area (Å²) in [6.45, 7) is 0. The van der Waals surface area contributed by atoms with Crippen LogP contribution in [0, 0.1) is 26.6 Å². The molecule has 1 aliphatic rings. The zero-order valence-corrected chi connectivity index (χ0v) is 19.8. The molecule has 32 heavy (non-hydrogen) atoms. The van der Waals surface area contributed by atoms with Gasteiger partial charge in [-0.2, -0.15) is 7.11 Å². The Morgan fingerprint density at radius 1 is 1.12 bits per heavy atom. The Morgan fingerprint density at radius 2 is 1.94 bits per heavy atom. The van der Waals surface area contributed by atoms with Crippen LogP contribution in [-0.2, 0) is 44.1 Å². The zero-order chi connectivity index (χ0) is 21.4. The third kappa shape index (κ3) is 3.94. The fraction of sp³-hybridized carbons (Fsp3) is 0.111. The van der Waals surface area contributed by atoms with Gasteiger partial charge in [0.2, 0.25) is 0 Å². The molecular weight excluding hydrogens is 577 g/mol. The summed E-state index contributed by atoms with van der Waals surface area (Å²) < 4.78 is 6.18. The number of fused-ring (bicyclic) bond motifs is 2. The van der Waals surface area contributed by atoms with Crippen LogP contribution in [0.1, 0.15) is 33.0 Å². The first-order valence-corrected chi connectivity index (χ1v) is 10.2. The molecule has 4 aromatic rings. The van der Waals surface area contributed by atoms with E-state index in [-0.39, 0.29) is 20.1 Å². The first-order chi connectivity index (χ1) is 15.2. The summed E-state index contributed by atoms with van der Waals surface area (Å²) in [4.78, 5) is 16.9. The number of hydrogen-bond donors (Lipinski definition) is 0. The minimum Gasteiger partial charge on any atom is -0.642 e. The van der Waals surface area contributed by atoms with Crippen molar-refractivity contribution >= 4 is 16.7 Å². The van der Waals surface area contributed by atoms with Gasteiger partial charge < -0.3 is 14.3 Å². The van der Waals surface area contributed by atoms with Gasteiger partial charge in [0, 0.05) is 12.7 Å². The van der Waals surface area contributed by atoms with Crippen molar-refractivity contribution in [2.45, 2.75) is 19.3 Å². The van der Waals surface area contributed by atoms with Crippen molar-refractivity contribution in [2.24, 2.45) is 0 Å². The molecule has 0 saturated carbocycles. The smallest absolute Gasteiger partial charge is 0.642 e. The van der Waals surface area contributed by atoms with Crippen LogP contribution in [0.4, 0.5) is 0 Å².